The van der Waals surface area contributed by atoms with E-state index in [2.05, 4.69) is 61.0 Å². The Bertz CT molecular complexity index is 594. The van der Waals surface area contributed by atoms with Crippen molar-refractivity contribution in [2.24, 2.45) is 0 Å². The summed E-state index contributed by atoms with van der Waals surface area (Å²) in [5, 5.41) is 3.45. The number of hydrogen-bond donors (Lipinski definition) is 1. The molecule has 0 fully saturated rings. The van der Waals surface area contributed by atoms with Crippen LogP contribution in [0.15, 0.2) is 47.4 Å². The second-order valence-corrected chi connectivity index (χ2v) is 6.04. The largest absolute Gasteiger partial charge is 0.488 e. The maximum atomic E-state index is 5.96. The van der Waals surface area contributed by atoms with Gasteiger partial charge in [0.05, 0.1) is 6.54 Å². The smallest absolute Gasteiger partial charge is 0.123 e. The number of benzene rings is 2. The molecule has 0 bridgehead atoms. The fourth-order valence-corrected chi connectivity index (χ4v) is 2.91. The van der Waals surface area contributed by atoms with E-state index < -0.39 is 0 Å². The van der Waals surface area contributed by atoms with E-state index in [1.165, 1.54) is 16.0 Å². The van der Waals surface area contributed by atoms with E-state index in [1.54, 1.807) is 11.8 Å². The maximum Gasteiger partial charge on any atom is 0.123 e. The molecule has 0 spiro atoms. The molecule has 2 aromatic carbocycles. The fourth-order valence-electron chi connectivity index (χ4n) is 2.50. The zero-order valence-corrected chi connectivity index (χ0v) is 12.7. The second kappa shape index (κ2) is 5.80. The summed E-state index contributed by atoms with van der Waals surface area (Å²) in [5.74, 6) is 1.04. The maximum absolute atomic E-state index is 5.96. The number of anilines is 1. The van der Waals surface area contributed by atoms with Crippen molar-refractivity contribution < 1.29 is 4.74 Å². The Balaban J connectivity index is 1.58. The molecule has 3 heteroatoms. The van der Waals surface area contributed by atoms with Gasteiger partial charge in [-0.25, -0.2) is 0 Å². The third kappa shape index (κ3) is 2.93. The summed E-state index contributed by atoms with van der Waals surface area (Å²) >= 11 is 1.76. The van der Waals surface area contributed by atoms with Crippen LogP contribution in [0.4, 0.5) is 5.69 Å². The molecule has 20 heavy (non-hydrogen) atoms. The number of fused-ring (bicyclic) bond motifs is 1. The summed E-state index contributed by atoms with van der Waals surface area (Å²) in [6.07, 6.45) is 3.31. The summed E-state index contributed by atoms with van der Waals surface area (Å²) in [5.41, 5.74) is 3.78. The average Bonchev–Trinajstić information content (AvgIpc) is 2.87. The van der Waals surface area contributed by atoms with Crippen LogP contribution in [0.1, 0.15) is 11.1 Å². The Morgan fingerprint density at radius 2 is 2.00 bits per heavy atom. The van der Waals surface area contributed by atoms with Gasteiger partial charge in [0.15, 0.2) is 0 Å². The molecular formula is C17H19NOS. The summed E-state index contributed by atoms with van der Waals surface area (Å²) in [4.78, 5) is 1.29. The van der Waals surface area contributed by atoms with Gasteiger partial charge >= 0.3 is 0 Å². The van der Waals surface area contributed by atoms with Crippen LogP contribution in [0, 0.1) is 6.92 Å². The molecule has 1 unspecified atom stereocenters. The first-order valence-corrected chi connectivity index (χ1v) is 8.11. The minimum Gasteiger partial charge on any atom is -0.488 e. The molecule has 2 nitrogen and oxygen atoms in total. The topological polar surface area (TPSA) is 21.3 Å². The van der Waals surface area contributed by atoms with Crippen molar-refractivity contribution >= 4 is 17.4 Å². The molecule has 1 aliphatic rings. The van der Waals surface area contributed by atoms with E-state index in [0.717, 1.165) is 24.4 Å². The van der Waals surface area contributed by atoms with E-state index in [-0.39, 0.29) is 6.10 Å². The van der Waals surface area contributed by atoms with E-state index in [0.29, 0.717) is 0 Å². The quantitative estimate of drug-likeness (QED) is 0.853. The van der Waals surface area contributed by atoms with E-state index in [9.17, 15) is 0 Å². The van der Waals surface area contributed by atoms with Gasteiger partial charge in [0, 0.05) is 17.0 Å². The van der Waals surface area contributed by atoms with Gasteiger partial charge in [0.1, 0.15) is 11.9 Å². The number of hydrogen-bond acceptors (Lipinski definition) is 3. The minimum absolute atomic E-state index is 0.229. The highest BCUT2D eigenvalue weighted by Crippen LogP contribution is 2.29. The van der Waals surface area contributed by atoms with Crippen molar-refractivity contribution in [1.82, 2.24) is 0 Å². The zero-order chi connectivity index (χ0) is 13.9. The molecule has 104 valence electrons. The summed E-state index contributed by atoms with van der Waals surface area (Å²) in [6, 6.07) is 14.9. The number of rotatable bonds is 4. The van der Waals surface area contributed by atoms with Crippen LogP contribution < -0.4 is 10.1 Å². The standard InChI is InChI=1S/C17H19NOS/c1-12-3-8-17-13(9-12)10-15(19-17)11-18-14-4-6-16(20-2)7-5-14/h3-9,15,18H,10-11H2,1-2H3. The van der Waals surface area contributed by atoms with Crippen molar-refractivity contribution in [3.63, 3.8) is 0 Å². The van der Waals surface area contributed by atoms with Crippen LogP contribution in [-0.4, -0.2) is 18.9 Å². The van der Waals surface area contributed by atoms with Gasteiger partial charge in [0.2, 0.25) is 0 Å². The summed E-state index contributed by atoms with van der Waals surface area (Å²) in [6.45, 7) is 2.96. The van der Waals surface area contributed by atoms with Crippen molar-refractivity contribution in [2.45, 2.75) is 24.3 Å². The molecule has 0 saturated carbocycles. The number of aryl methyl sites for hydroxylation is 1. The van der Waals surface area contributed by atoms with Gasteiger partial charge < -0.3 is 10.1 Å². The van der Waals surface area contributed by atoms with Crippen molar-refractivity contribution in [3.05, 3.63) is 53.6 Å². The lowest BCUT2D eigenvalue weighted by Crippen LogP contribution is -2.23. The van der Waals surface area contributed by atoms with E-state index in [4.69, 9.17) is 4.74 Å². The normalized spacial score (nSPS) is 16.6. The van der Waals surface area contributed by atoms with E-state index in [1.807, 2.05) is 0 Å². The predicted octanol–water partition coefficient (Wildman–Crippen LogP) is 4.13. The van der Waals surface area contributed by atoms with Crippen LogP contribution in [-0.2, 0) is 6.42 Å². The van der Waals surface area contributed by atoms with Gasteiger partial charge in [0.25, 0.3) is 0 Å². The van der Waals surface area contributed by atoms with Crippen molar-refractivity contribution in [1.29, 1.82) is 0 Å². The second-order valence-electron chi connectivity index (χ2n) is 5.16. The Morgan fingerprint density at radius 3 is 2.75 bits per heavy atom. The molecule has 0 aromatic heterocycles. The van der Waals surface area contributed by atoms with Crippen molar-refractivity contribution in [3.8, 4) is 5.75 Å². The molecule has 0 aliphatic carbocycles. The molecule has 3 rings (SSSR count). The number of nitrogens with one attached hydrogen (secondary N) is 1. The lowest BCUT2D eigenvalue weighted by Gasteiger charge is -2.13. The molecule has 0 saturated heterocycles. The Kier molecular flexibility index (Phi) is 3.88. The molecule has 0 amide bonds. The zero-order valence-electron chi connectivity index (χ0n) is 11.8. The van der Waals surface area contributed by atoms with Crippen molar-refractivity contribution in [2.75, 3.05) is 18.1 Å². The lowest BCUT2D eigenvalue weighted by molar-refractivity contribution is 0.246. The minimum atomic E-state index is 0.229. The first kappa shape index (κ1) is 13.4. The van der Waals surface area contributed by atoms with Gasteiger partial charge in [-0.15, -0.1) is 11.8 Å². The first-order chi connectivity index (χ1) is 9.74. The third-order valence-corrected chi connectivity index (χ3v) is 4.32. The number of thioether (sulfide) groups is 1. The monoisotopic (exact) mass is 285 g/mol. The summed E-state index contributed by atoms with van der Waals surface area (Å²) < 4.78 is 5.96. The van der Waals surface area contributed by atoms with Crippen LogP contribution in [0.5, 0.6) is 5.75 Å². The fraction of sp³-hybridized carbons (Fsp3) is 0.294. The Labute approximate surface area is 124 Å². The molecule has 1 N–H and O–H groups in total. The highest BCUT2D eigenvalue weighted by Gasteiger charge is 2.22. The highest BCUT2D eigenvalue weighted by molar-refractivity contribution is 7.98. The van der Waals surface area contributed by atoms with Crippen LogP contribution >= 0.6 is 11.8 Å². The predicted molar refractivity (Wildman–Crippen MR) is 86.0 cm³/mol. The Morgan fingerprint density at radius 1 is 1.20 bits per heavy atom. The highest BCUT2D eigenvalue weighted by atomic mass is 32.2. The SMILES string of the molecule is CSc1ccc(NCC2Cc3cc(C)ccc3O2)cc1. The summed E-state index contributed by atoms with van der Waals surface area (Å²) in [7, 11) is 0. The van der Waals surface area contributed by atoms with Crippen LogP contribution in [0.2, 0.25) is 0 Å². The van der Waals surface area contributed by atoms with Crippen LogP contribution in [0.3, 0.4) is 0 Å². The van der Waals surface area contributed by atoms with Crippen LogP contribution in [0.25, 0.3) is 0 Å². The molecule has 1 heterocycles. The van der Waals surface area contributed by atoms with Gasteiger partial charge in [-0.3, -0.25) is 0 Å². The molecule has 1 aliphatic heterocycles. The molecule has 0 radical (unpaired) electrons. The first-order valence-electron chi connectivity index (χ1n) is 6.89. The average molecular weight is 285 g/mol. The van der Waals surface area contributed by atoms with Gasteiger partial charge in [-0.2, -0.15) is 0 Å². The van der Waals surface area contributed by atoms with E-state index >= 15 is 0 Å². The molecular weight excluding hydrogens is 266 g/mol. The molecule has 1 atom stereocenters. The number of ether oxygens (including phenoxy) is 1. The lowest BCUT2D eigenvalue weighted by atomic mass is 10.1. The van der Waals surface area contributed by atoms with Gasteiger partial charge in [-0.05, 0) is 49.1 Å². The molecule has 2 aromatic rings. The Hall–Kier alpha value is -1.61. The third-order valence-electron chi connectivity index (χ3n) is 3.58. The van der Waals surface area contributed by atoms with Gasteiger partial charge in [-0.1, -0.05) is 17.7 Å².